The lowest BCUT2D eigenvalue weighted by molar-refractivity contribution is -0.116. The minimum atomic E-state index is -4.33. The van der Waals surface area contributed by atoms with E-state index in [1.807, 2.05) is 0 Å². The third-order valence-corrected chi connectivity index (χ3v) is 3.61. The summed E-state index contributed by atoms with van der Waals surface area (Å²) < 4.78 is 36.9. The quantitative estimate of drug-likeness (QED) is 0.565. The van der Waals surface area contributed by atoms with Crippen molar-refractivity contribution in [2.75, 3.05) is 5.88 Å². The van der Waals surface area contributed by atoms with E-state index < -0.39 is 5.51 Å². The van der Waals surface area contributed by atoms with Gasteiger partial charge in [-0.15, -0.1) is 11.6 Å². The third kappa shape index (κ3) is 5.63. The van der Waals surface area contributed by atoms with Gasteiger partial charge in [-0.3, -0.25) is 4.79 Å². The van der Waals surface area contributed by atoms with Gasteiger partial charge in [0.2, 0.25) is 0 Å². The highest BCUT2D eigenvalue weighted by Gasteiger charge is 2.29. The van der Waals surface area contributed by atoms with Crippen LogP contribution < -0.4 is 0 Å². The van der Waals surface area contributed by atoms with Crippen LogP contribution in [0.1, 0.15) is 11.1 Å². The molecular formula is C11H9BrClF3OS. The average molecular weight is 362 g/mol. The summed E-state index contributed by atoms with van der Waals surface area (Å²) in [6.07, 6.45) is 0.0513. The summed E-state index contributed by atoms with van der Waals surface area (Å²) >= 11 is 8.38. The standard InChI is InChI=1S/C11H9BrClF3OS/c12-5-8-1-7(2-9(17)6-13)3-10(4-8)18-11(14,15)16/h1,3-4H,2,5-6H2. The number of thioether (sulfide) groups is 1. The van der Waals surface area contributed by atoms with Crippen LogP contribution in [0.2, 0.25) is 0 Å². The highest BCUT2D eigenvalue weighted by molar-refractivity contribution is 9.08. The SMILES string of the molecule is O=C(CCl)Cc1cc(CBr)cc(SC(F)(F)F)c1. The summed E-state index contributed by atoms with van der Waals surface area (Å²) in [6.45, 7) is 0. The lowest BCUT2D eigenvalue weighted by Gasteiger charge is -2.09. The molecule has 18 heavy (non-hydrogen) atoms. The van der Waals surface area contributed by atoms with Crippen molar-refractivity contribution in [2.45, 2.75) is 22.2 Å². The summed E-state index contributed by atoms with van der Waals surface area (Å²) in [7, 11) is 0. The number of benzene rings is 1. The van der Waals surface area contributed by atoms with Gasteiger partial charge in [0.15, 0.2) is 5.78 Å². The molecule has 1 aromatic rings. The fourth-order valence-electron chi connectivity index (χ4n) is 1.38. The van der Waals surface area contributed by atoms with E-state index in [0.717, 1.165) is 0 Å². The molecule has 0 saturated heterocycles. The van der Waals surface area contributed by atoms with Crippen molar-refractivity contribution in [2.24, 2.45) is 0 Å². The molecule has 0 aliphatic carbocycles. The zero-order chi connectivity index (χ0) is 13.8. The molecule has 0 radical (unpaired) electrons. The number of Topliss-reactive ketones (excluding diaryl/α,β-unsaturated/α-hetero) is 1. The van der Waals surface area contributed by atoms with Crippen LogP contribution in [0.4, 0.5) is 13.2 Å². The number of carbonyl (C=O) groups excluding carboxylic acids is 1. The van der Waals surface area contributed by atoms with Gasteiger partial charge in [-0.2, -0.15) is 13.2 Å². The lowest BCUT2D eigenvalue weighted by atomic mass is 10.1. The van der Waals surface area contributed by atoms with Crippen LogP contribution >= 0.6 is 39.3 Å². The lowest BCUT2D eigenvalue weighted by Crippen LogP contribution is -2.05. The molecule has 0 aromatic heterocycles. The topological polar surface area (TPSA) is 17.1 Å². The number of hydrogen-bond acceptors (Lipinski definition) is 2. The fourth-order valence-corrected chi connectivity index (χ4v) is 2.48. The van der Waals surface area contributed by atoms with Crippen LogP contribution in [-0.2, 0) is 16.5 Å². The van der Waals surface area contributed by atoms with Crippen LogP contribution in [-0.4, -0.2) is 17.2 Å². The third-order valence-electron chi connectivity index (χ3n) is 1.96. The Kier molecular flexibility index (Phi) is 6.01. The first-order valence-corrected chi connectivity index (χ1v) is 7.33. The van der Waals surface area contributed by atoms with Gasteiger partial charge in [-0.05, 0) is 35.0 Å². The molecule has 0 aliphatic heterocycles. The second-order valence-electron chi connectivity index (χ2n) is 3.52. The summed E-state index contributed by atoms with van der Waals surface area (Å²) in [5, 5.41) is 0.432. The molecule has 0 fully saturated rings. The second kappa shape index (κ2) is 6.82. The van der Waals surface area contributed by atoms with E-state index >= 15 is 0 Å². The molecule has 1 aromatic carbocycles. The maximum absolute atomic E-state index is 12.3. The zero-order valence-electron chi connectivity index (χ0n) is 9.06. The molecule has 0 aliphatic rings. The van der Waals surface area contributed by atoms with E-state index in [1.54, 1.807) is 6.07 Å². The first-order valence-electron chi connectivity index (χ1n) is 4.86. The Morgan fingerprint density at radius 3 is 2.39 bits per heavy atom. The van der Waals surface area contributed by atoms with Crippen LogP contribution in [0.5, 0.6) is 0 Å². The molecule has 100 valence electrons. The predicted octanol–water partition coefficient (Wildman–Crippen LogP) is 4.54. The van der Waals surface area contributed by atoms with E-state index in [1.165, 1.54) is 12.1 Å². The smallest absolute Gasteiger partial charge is 0.298 e. The maximum atomic E-state index is 12.3. The molecule has 0 unspecified atom stereocenters. The van der Waals surface area contributed by atoms with Crippen molar-refractivity contribution in [3.63, 3.8) is 0 Å². The molecule has 0 bridgehead atoms. The van der Waals surface area contributed by atoms with Gasteiger partial charge < -0.3 is 0 Å². The Bertz CT molecular complexity index is 437. The molecule has 0 atom stereocenters. The highest BCUT2D eigenvalue weighted by Crippen LogP contribution is 2.37. The van der Waals surface area contributed by atoms with Crippen LogP contribution in [0, 0.1) is 0 Å². The Labute approximate surface area is 120 Å². The van der Waals surface area contributed by atoms with Crippen LogP contribution in [0.25, 0.3) is 0 Å². The summed E-state index contributed by atoms with van der Waals surface area (Å²) in [5.74, 6) is -0.355. The van der Waals surface area contributed by atoms with Gasteiger partial charge in [0.25, 0.3) is 0 Å². The van der Waals surface area contributed by atoms with Gasteiger partial charge >= 0.3 is 5.51 Å². The predicted molar refractivity (Wildman–Crippen MR) is 70.4 cm³/mol. The largest absolute Gasteiger partial charge is 0.446 e. The van der Waals surface area contributed by atoms with Crippen molar-refractivity contribution in [3.05, 3.63) is 29.3 Å². The molecule has 0 saturated carbocycles. The summed E-state index contributed by atoms with van der Waals surface area (Å²) in [5.41, 5.74) is -3.09. The van der Waals surface area contributed by atoms with Gasteiger partial charge in [-0.1, -0.05) is 22.0 Å². The average Bonchev–Trinajstić information content (AvgIpc) is 2.26. The van der Waals surface area contributed by atoms with Gasteiger partial charge in [0.1, 0.15) is 0 Å². The van der Waals surface area contributed by atoms with Gasteiger partial charge in [-0.25, -0.2) is 0 Å². The number of halogens is 5. The normalized spacial score (nSPS) is 11.6. The Hall–Kier alpha value is -0.200. The van der Waals surface area contributed by atoms with E-state index in [4.69, 9.17) is 11.6 Å². The van der Waals surface area contributed by atoms with Crippen LogP contribution in [0.3, 0.4) is 0 Å². The molecule has 0 spiro atoms. The van der Waals surface area contributed by atoms with E-state index in [-0.39, 0.29) is 34.7 Å². The van der Waals surface area contributed by atoms with E-state index in [2.05, 4.69) is 15.9 Å². The highest BCUT2D eigenvalue weighted by atomic mass is 79.9. The number of hydrogen-bond donors (Lipinski definition) is 0. The Morgan fingerprint density at radius 1 is 1.28 bits per heavy atom. The van der Waals surface area contributed by atoms with Crippen molar-refractivity contribution in [1.29, 1.82) is 0 Å². The number of carbonyl (C=O) groups is 1. The molecule has 1 nitrogen and oxygen atoms in total. The summed E-state index contributed by atoms with van der Waals surface area (Å²) in [6, 6.07) is 4.51. The van der Waals surface area contributed by atoms with Crippen molar-refractivity contribution in [1.82, 2.24) is 0 Å². The molecular weight excluding hydrogens is 353 g/mol. The zero-order valence-corrected chi connectivity index (χ0v) is 12.2. The minimum absolute atomic E-state index is 0.0513. The molecule has 1 rings (SSSR count). The molecule has 0 N–H and O–H groups in total. The first-order chi connectivity index (χ1) is 8.34. The number of rotatable bonds is 5. The Balaban J connectivity index is 2.98. The van der Waals surface area contributed by atoms with Crippen molar-refractivity contribution in [3.8, 4) is 0 Å². The summed E-state index contributed by atoms with van der Waals surface area (Å²) in [4.78, 5) is 11.3. The number of alkyl halides is 5. The fraction of sp³-hybridized carbons (Fsp3) is 0.364. The maximum Gasteiger partial charge on any atom is 0.446 e. The number of ketones is 1. The van der Waals surface area contributed by atoms with Gasteiger partial charge in [0.05, 0.1) is 5.88 Å². The minimum Gasteiger partial charge on any atom is -0.298 e. The Morgan fingerprint density at radius 2 is 1.89 bits per heavy atom. The van der Waals surface area contributed by atoms with E-state index in [9.17, 15) is 18.0 Å². The first kappa shape index (κ1) is 15.9. The second-order valence-corrected chi connectivity index (χ2v) is 5.48. The molecule has 7 heteroatoms. The van der Waals surface area contributed by atoms with Crippen LogP contribution in [0.15, 0.2) is 23.1 Å². The monoisotopic (exact) mass is 360 g/mol. The molecule has 0 heterocycles. The molecule has 0 amide bonds. The van der Waals surface area contributed by atoms with Crippen molar-refractivity contribution < 1.29 is 18.0 Å². The van der Waals surface area contributed by atoms with Gasteiger partial charge in [0, 0.05) is 16.6 Å². The van der Waals surface area contributed by atoms with E-state index in [0.29, 0.717) is 16.5 Å². The van der Waals surface area contributed by atoms with Crippen molar-refractivity contribution >= 4 is 45.1 Å².